The van der Waals surface area contributed by atoms with E-state index in [1.807, 2.05) is 0 Å². The van der Waals surface area contributed by atoms with Gasteiger partial charge in [0.15, 0.2) is 0 Å². The highest BCUT2D eigenvalue weighted by molar-refractivity contribution is 4.83. The Morgan fingerprint density at radius 2 is 1.65 bits per heavy atom. The highest BCUT2D eigenvalue weighted by Crippen LogP contribution is 2.23. The molecule has 2 aliphatic rings. The van der Waals surface area contributed by atoms with Crippen LogP contribution in [-0.4, -0.2) is 37.5 Å². The predicted molar refractivity (Wildman–Crippen MR) is 69.2 cm³/mol. The van der Waals surface area contributed by atoms with Crippen molar-refractivity contribution in [2.75, 3.05) is 13.2 Å². The first kappa shape index (κ1) is 13.3. The molecule has 3 unspecified atom stereocenters. The number of ether oxygens (including phenoxy) is 2. The fraction of sp³-hybridized carbons (Fsp3) is 1.00. The van der Waals surface area contributed by atoms with Crippen molar-refractivity contribution in [2.24, 2.45) is 5.92 Å². The van der Waals surface area contributed by atoms with Crippen LogP contribution in [0.3, 0.4) is 0 Å². The van der Waals surface area contributed by atoms with E-state index in [-0.39, 0.29) is 0 Å². The van der Waals surface area contributed by atoms with Gasteiger partial charge in [-0.05, 0) is 52.4 Å². The van der Waals surface area contributed by atoms with Gasteiger partial charge in [-0.1, -0.05) is 0 Å². The number of nitrogens with one attached hydrogen (secondary N) is 1. The molecule has 2 rings (SSSR count). The second-order valence-corrected chi connectivity index (χ2v) is 5.83. The van der Waals surface area contributed by atoms with Crippen LogP contribution in [0.4, 0.5) is 0 Å². The average Bonchev–Trinajstić information content (AvgIpc) is 2.28. The van der Waals surface area contributed by atoms with E-state index in [1.165, 1.54) is 12.8 Å². The fourth-order valence-electron chi connectivity index (χ4n) is 3.27. The van der Waals surface area contributed by atoms with Gasteiger partial charge in [0.05, 0.1) is 12.2 Å². The van der Waals surface area contributed by atoms with Gasteiger partial charge in [0.1, 0.15) is 0 Å². The lowest BCUT2D eigenvalue weighted by Gasteiger charge is -2.37. The molecule has 100 valence electrons. The highest BCUT2D eigenvalue weighted by Gasteiger charge is 2.28. The van der Waals surface area contributed by atoms with Crippen LogP contribution in [0, 0.1) is 5.92 Å². The third-order valence-electron chi connectivity index (χ3n) is 4.17. The first-order valence-corrected chi connectivity index (χ1v) is 7.14. The monoisotopic (exact) mass is 241 g/mol. The molecule has 2 saturated heterocycles. The van der Waals surface area contributed by atoms with E-state index >= 15 is 0 Å². The van der Waals surface area contributed by atoms with Crippen molar-refractivity contribution in [3.8, 4) is 0 Å². The maximum absolute atomic E-state index is 5.78. The predicted octanol–water partition coefficient (Wildman–Crippen LogP) is 2.35. The third kappa shape index (κ3) is 3.94. The molecule has 0 radical (unpaired) electrons. The van der Waals surface area contributed by atoms with Crippen molar-refractivity contribution in [1.29, 1.82) is 0 Å². The Hall–Kier alpha value is -0.120. The van der Waals surface area contributed by atoms with Crippen molar-refractivity contribution < 1.29 is 9.47 Å². The minimum absolute atomic E-state index is 0.401. The molecule has 3 nitrogen and oxygen atoms in total. The van der Waals surface area contributed by atoms with Crippen molar-refractivity contribution in [3.05, 3.63) is 0 Å². The lowest BCUT2D eigenvalue weighted by Crippen LogP contribution is -2.47. The number of rotatable bonds is 3. The Morgan fingerprint density at radius 1 is 1.06 bits per heavy atom. The Kier molecular flexibility index (Phi) is 4.83. The lowest BCUT2D eigenvalue weighted by atomic mass is 9.90. The molecule has 3 heteroatoms. The maximum Gasteiger partial charge on any atom is 0.0565 e. The molecule has 3 atom stereocenters. The Balaban J connectivity index is 1.78. The molecule has 0 bridgehead atoms. The van der Waals surface area contributed by atoms with Crippen molar-refractivity contribution in [1.82, 2.24) is 5.32 Å². The Bertz CT molecular complexity index is 218. The van der Waals surface area contributed by atoms with E-state index in [0.717, 1.165) is 32.0 Å². The van der Waals surface area contributed by atoms with E-state index in [4.69, 9.17) is 9.47 Å². The van der Waals surface area contributed by atoms with Crippen LogP contribution in [0.15, 0.2) is 0 Å². The zero-order valence-electron chi connectivity index (χ0n) is 11.4. The van der Waals surface area contributed by atoms with Gasteiger partial charge in [0.25, 0.3) is 0 Å². The summed E-state index contributed by atoms with van der Waals surface area (Å²) in [4.78, 5) is 0. The van der Waals surface area contributed by atoms with Gasteiger partial charge in [-0.15, -0.1) is 0 Å². The van der Waals surface area contributed by atoms with Crippen LogP contribution in [0.1, 0.15) is 46.5 Å². The van der Waals surface area contributed by atoms with Gasteiger partial charge in [0.2, 0.25) is 0 Å². The van der Waals surface area contributed by atoms with Crippen molar-refractivity contribution >= 4 is 0 Å². The van der Waals surface area contributed by atoms with Crippen LogP contribution >= 0.6 is 0 Å². The molecule has 0 amide bonds. The molecule has 0 aromatic carbocycles. The Morgan fingerprint density at radius 3 is 2.24 bits per heavy atom. The van der Waals surface area contributed by atoms with Gasteiger partial charge in [-0.25, -0.2) is 0 Å². The van der Waals surface area contributed by atoms with E-state index in [1.54, 1.807) is 0 Å². The van der Waals surface area contributed by atoms with E-state index < -0.39 is 0 Å². The summed E-state index contributed by atoms with van der Waals surface area (Å²) in [5, 5.41) is 3.81. The molecule has 0 aromatic heterocycles. The molecule has 2 aliphatic heterocycles. The van der Waals surface area contributed by atoms with Gasteiger partial charge in [0, 0.05) is 25.3 Å². The van der Waals surface area contributed by atoms with E-state index in [0.29, 0.717) is 24.3 Å². The normalized spacial score (nSPS) is 37.9. The second-order valence-electron chi connectivity index (χ2n) is 5.83. The SMILES string of the molecule is CC1CC(NC(C)C2CCOCC2)CC(C)O1. The first-order valence-electron chi connectivity index (χ1n) is 7.14. The average molecular weight is 241 g/mol. The summed E-state index contributed by atoms with van der Waals surface area (Å²) in [6.45, 7) is 8.59. The molecular formula is C14H27NO2. The quantitative estimate of drug-likeness (QED) is 0.822. The molecule has 2 fully saturated rings. The van der Waals surface area contributed by atoms with Crippen LogP contribution in [-0.2, 0) is 9.47 Å². The molecular weight excluding hydrogens is 214 g/mol. The molecule has 0 spiro atoms. The van der Waals surface area contributed by atoms with Gasteiger partial charge in [-0.3, -0.25) is 0 Å². The molecule has 1 N–H and O–H groups in total. The summed E-state index contributed by atoms with van der Waals surface area (Å²) in [5.41, 5.74) is 0. The topological polar surface area (TPSA) is 30.5 Å². The van der Waals surface area contributed by atoms with E-state index in [9.17, 15) is 0 Å². The summed E-state index contributed by atoms with van der Waals surface area (Å²) < 4.78 is 11.2. The maximum atomic E-state index is 5.78. The molecule has 0 saturated carbocycles. The zero-order chi connectivity index (χ0) is 12.3. The summed E-state index contributed by atoms with van der Waals surface area (Å²) in [6, 6.07) is 1.24. The highest BCUT2D eigenvalue weighted by atomic mass is 16.5. The minimum atomic E-state index is 0.401. The van der Waals surface area contributed by atoms with Crippen LogP contribution < -0.4 is 5.32 Å². The van der Waals surface area contributed by atoms with Gasteiger partial charge < -0.3 is 14.8 Å². The van der Waals surface area contributed by atoms with E-state index in [2.05, 4.69) is 26.1 Å². The summed E-state index contributed by atoms with van der Waals surface area (Å²) >= 11 is 0. The summed E-state index contributed by atoms with van der Waals surface area (Å²) in [6.07, 6.45) is 5.53. The van der Waals surface area contributed by atoms with Crippen LogP contribution in [0.2, 0.25) is 0 Å². The largest absolute Gasteiger partial charge is 0.381 e. The number of hydrogen-bond donors (Lipinski definition) is 1. The lowest BCUT2D eigenvalue weighted by molar-refractivity contribution is -0.0455. The van der Waals surface area contributed by atoms with Crippen molar-refractivity contribution in [2.45, 2.75) is 70.7 Å². The van der Waals surface area contributed by atoms with Crippen LogP contribution in [0.5, 0.6) is 0 Å². The summed E-state index contributed by atoms with van der Waals surface area (Å²) in [7, 11) is 0. The van der Waals surface area contributed by atoms with Gasteiger partial charge in [-0.2, -0.15) is 0 Å². The summed E-state index contributed by atoms with van der Waals surface area (Å²) in [5.74, 6) is 0.789. The third-order valence-corrected chi connectivity index (χ3v) is 4.17. The molecule has 0 aliphatic carbocycles. The van der Waals surface area contributed by atoms with Gasteiger partial charge >= 0.3 is 0 Å². The molecule has 17 heavy (non-hydrogen) atoms. The number of hydrogen-bond acceptors (Lipinski definition) is 3. The smallest absolute Gasteiger partial charge is 0.0565 e. The minimum Gasteiger partial charge on any atom is -0.381 e. The van der Waals surface area contributed by atoms with Crippen LogP contribution in [0.25, 0.3) is 0 Å². The molecule has 2 heterocycles. The van der Waals surface area contributed by atoms with Crippen molar-refractivity contribution in [3.63, 3.8) is 0 Å². The Labute approximate surface area is 105 Å². The fourth-order valence-corrected chi connectivity index (χ4v) is 3.27. The zero-order valence-corrected chi connectivity index (χ0v) is 11.4. The second kappa shape index (κ2) is 6.17. The molecule has 0 aromatic rings. The first-order chi connectivity index (χ1) is 8.15. The standard InChI is InChI=1S/C14H27NO2/c1-10-8-14(9-11(2)17-10)15-12(3)13-4-6-16-7-5-13/h10-15H,4-9H2,1-3H3.